The van der Waals surface area contributed by atoms with E-state index in [0.717, 1.165) is 5.56 Å². The highest BCUT2D eigenvalue weighted by atomic mass is 19.1. The van der Waals surface area contributed by atoms with Gasteiger partial charge in [-0.05, 0) is 25.0 Å². The Morgan fingerprint density at radius 1 is 1.38 bits per heavy atom. The van der Waals surface area contributed by atoms with Gasteiger partial charge in [0.15, 0.2) is 5.69 Å². The first-order valence-corrected chi connectivity index (χ1v) is 7.67. The number of fused-ring (bicyclic) bond motifs is 1. The van der Waals surface area contributed by atoms with Gasteiger partial charge in [-0.3, -0.25) is 24.1 Å². The maximum atomic E-state index is 14.5. The molecule has 1 spiro atoms. The first kappa shape index (κ1) is 14.8. The molecule has 1 N–H and O–H groups in total. The van der Waals surface area contributed by atoms with Gasteiger partial charge in [0, 0.05) is 25.7 Å². The monoisotopic (exact) mass is 330 g/mol. The van der Waals surface area contributed by atoms with Crippen LogP contribution in [0.5, 0.6) is 0 Å². The fourth-order valence-electron chi connectivity index (χ4n) is 3.47. The van der Waals surface area contributed by atoms with Crippen molar-refractivity contribution in [3.05, 3.63) is 35.5 Å². The molecule has 3 amide bonds. The van der Waals surface area contributed by atoms with Crippen LogP contribution in [0.3, 0.4) is 0 Å². The van der Waals surface area contributed by atoms with Crippen LogP contribution in [-0.4, -0.2) is 45.1 Å². The van der Waals surface area contributed by atoms with Crippen LogP contribution in [0.4, 0.5) is 4.39 Å². The van der Waals surface area contributed by atoms with E-state index < -0.39 is 17.3 Å². The maximum absolute atomic E-state index is 14.5. The number of nitrogens with one attached hydrogen (secondary N) is 1. The highest BCUT2D eigenvalue weighted by Gasteiger charge is 2.52. The van der Waals surface area contributed by atoms with Gasteiger partial charge in [0.05, 0.1) is 5.41 Å². The number of aromatic nitrogens is 2. The van der Waals surface area contributed by atoms with Crippen molar-refractivity contribution in [2.45, 2.75) is 19.8 Å². The molecular weight excluding hydrogens is 315 g/mol. The molecule has 2 fully saturated rings. The van der Waals surface area contributed by atoms with Gasteiger partial charge in [-0.2, -0.15) is 4.39 Å². The number of aryl methyl sites for hydroxylation is 1. The number of carbonyl (C=O) groups is 3. The molecule has 24 heavy (non-hydrogen) atoms. The summed E-state index contributed by atoms with van der Waals surface area (Å²) >= 11 is 0. The molecule has 0 aromatic carbocycles. The molecule has 1 atom stereocenters. The molecule has 2 saturated heterocycles. The lowest BCUT2D eigenvalue weighted by atomic mass is 9.85. The van der Waals surface area contributed by atoms with Crippen molar-refractivity contribution in [2.24, 2.45) is 5.41 Å². The Kier molecular flexibility index (Phi) is 3.00. The van der Waals surface area contributed by atoms with Crippen molar-refractivity contribution in [1.82, 2.24) is 19.6 Å². The predicted molar refractivity (Wildman–Crippen MR) is 80.6 cm³/mol. The lowest BCUT2D eigenvalue weighted by Crippen LogP contribution is -2.37. The number of hydrogen-bond acceptors (Lipinski definition) is 4. The summed E-state index contributed by atoms with van der Waals surface area (Å²) in [4.78, 5) is 41.6. The Morgan fingerprint density at radius 3 is 2.88 bits per heavy atom. The Bertz CT molecular complexity index is 906. The lowest BCUT2D eigenvalue weighted by Gasteiger charge is -2.19. The van der Waals surface area contributed by atoms with Gasteiger partial charge in [-0.25, -0.2) is 4.98 Å². The zero-order chi connectivity index (χ0) is 17.1. The standard InChI is InChI=1S/C16H15FN4O3/c1-9-2-3-10-18-12(13(17)21(10)7-9)14(23)20-5-4-16(8-20)6-11(22)19-15(16)24/h2-3,7H,4-6,8H2,1H3,(H,19,22,24). The summed E-state index contributed by atoms with van der Waals surface area (Å²) in [6.07, 6.45) is 2.04. The number of rotatable bonds is 1. The van der Waals surface area contributed by atoms with E-state index in [4.69, 9.17) is 0 Å². The summed E-state index contributed by atoms with van der Waals surface area (Å²) in [5, 5.41) is 2.28. The molecule has 4 heterocycles. The molecule has 0 bridgehead atoms. The molecule has 2 aromatic heterocycles. The normalized spacial score (nSPS) is 23.5. The summed E-state index contributed by atoms with van der Waals surface area (Å²) < 4.78 is 15.8. The predicted octanol–water partition coefficient (Wildman–Crippen LogP) is 0.661. The van der Waals surface area contributed by atoms with Crippen molar-refractivity contribution in [3.8, 4) is 0 Å². The van der Waals surface area contributed by atoms with Crippen LogP contribution in [0.25, 0.3) is 5.65 Å². The van der Waals surface area contributed by atoms with Gasteiger partial charge >= 0.3 is 0 Å². The fraction of sp³-hybridized carbons (Fsp3) is 0.375. The number of carbonyl (C=O) groups excluding carboxylic acids is 3. The average molecular weight is 330 g/mol. The van der Waals surface area contributed by atoms with Gasteiger partial charge in [0.2, 0.25) is 17.8 Å². The summed E-state index contributed by atoms with van der Waals surface area (Å²) in [7, 11) is 0. The number of hydrogen-bond donors (Lipinski definition) is 1. The highest BCUT2D eigenvalue weighted by Crippen LogP contribution is 2.38. The average Bonchev–Trinajstić information content (AvgIpc) is 3.18. The molecule has 2 aromatic rings. The molecule has 124 valence electrons. The van der Waals surface area contributed by atoms with E-state index in [1.54, 1.807) is 18.3 Å². The number of imide groups is 1. The molecule has 7 nitrogen and oxygen atoms in total. The van der Waals surface area contributed by atoms with Gasteiger partial charge < -0.3 is 4.90 Å². The minimum absolute atomic E-state index is 0.0719. The summed E-state index contributed by atoms with van der Waals surface area (Å²) in [6.45, 7) is 2.22. The molecule has 2 aliphatic rings. The number of likely N-dealkylation sites (tertiary alicyclic amines) is 1. The number of amides is 3. The number of pyridine rings is 1. The third kappa shape index (κ3) is 2.02. The van der Waals surface area contributed by atoms with Crippen molar-refractivity contribution in [3.63, 3.8) is 0 Å². The summed E-state index contributed by atoms with van der Waals surface area (Å²) in [5.41, 5.74) is 0.0597. The van der Waals surface area contributed by atoms with E-state index in [1.165, 1.54) is 9.30 Å². The van der Waals surface area contributed by atoms with Crippen LogP contribution >= 0.6 is 0 Å². The van der Waals surface area contributed by atoms with Crippen LogP contribution in [0.15, 0.2) is 18.3 Å². The summed E-state index contributed by atoms with van der Waals surface area (Å²) in [6, 6.07) is 3.43. The number of nitrogens with zero attached hydrogens (tertiary/aromatic N) is 3. The Morgan fingerprint density at radius 2 is 2.17 bits per heavy atom. The van der Waals surface area contributed by atoms with Crippen molar-refractivity contribution < 1.29 is 18.8 Å². The largest absolute Gasteiger partial charge is 0.336 e. The van der Waals surface area contributed by atoms with Gasteiger partial charge in [-0.1, -0.05) is 6.07 Å². The van der Waals surface area contributed by atoms with Gasteiger partial charge in [0.1, 0.15) is 5.65 Å². The molecule has 1 unspecified atom stereocenters. The van der Waals surface area contributed by atoms with E-state index in [-0.39, 0.29) is 30.5 Å². The second kappa shape index (κ2) is 4.86. The van der Waals surface area contributed by atoms with Crippen LogP contribution < -0.4 is 5.32 Å². The quantitative estimate of drug-likeness (QED) is 0.779. The molecule has 2 aliphatic heterocycles. The van der Waals surface area contributed by atoms with E-state index in [1.807, 2.05) is 6.92 Å². The van der Waals surface area contributed by atoms with Crippen molar-refractivity contribution >= 4 is 23.4 Å². The van der Waals surface area contributed by atoms with Crippen molar-refractivity contribution in [2.75, 3.05) is 13.1 Å². The molecule has 4 rings (SSSR count). The highest BCUT2D eigenvalue weighted by molar-refractivity contribution is 6.06. The molecule has 0 radical (unpaired) electrons. The first-order valence-electron chi connectivity index (χ1n) is 7.67. The van der Waals surface area contributed by atoms with E-state index >= 15 is 0 Å². The Labute approximate surface area is 136 Å². The first-order chi connectivity index (χ1) is 11.4. The van der Waals surface area contributed by atoms with Crippen LogP contribution in [0.2, 0.25) is 0 Å². The lowest BCUT2D eigenvalue weighted by molar-refractivity contribution is -0.128. The van der Waals surface area contributed by atoms with Crippen LogP contribution in [-0.2, 0) is 9.59 Å². The second-order valence-corrected chi connectivity index (χ2v) is 6.50. The minimum Gasteiger partial charge on any atom is -0.336 e. The molecular formula is C16H15FN4O3. The van der Waals surface area contributed by atoms with E-state index in [0.29, 0.717) is 18.6 Å². The Balaban J connectivity index is 1.64. The number of halogens is 1. The maximum Gasteiger partial charge on any atom is 0.277 e. The van der Waals surface area contributed by atoms with E-state index in [9.17, 15) is 18.8 Å². The smallest absolute Gasteiger partial charge is 0.277 e. The number of imidazole rings is 1. The minimum atomic E-state index is -0.876. The molecule has 8 heteroatoms. The van der Waals surface area contributed by atoms with Gasteiger partial charge in [0.25, 0.3) is 5.91 Å². The topological polar surface area (TPSA) is 83.8 Å². The van der Waals surface area contributed by atoms with E-state index in [2.05, 4.69) is 10.3 Å². The third-order valence-electron chi connectivity index (χ3n) is 4.79. The molecule has 0 aliphatic carbocycles. The van der Waals surface area contributed by atoms with Crippen LogP contribution in [0.1, 0.15) is 28.9 Å². The fourth-order valence-corrected chi connectivity index (χ4v) is 3.47. The Hall–Kier alpha value is -2.77. The van der Waals surface area contributed by atoms with Crippen molar-refractivity contribution in [1.29, 1.82) is 0 Å². The van der Waals surface area contributed by atoms with Crippen LogP contribution in [0, 0.1) is 18.3 Å². The molecule has 0 saturated carbocycles. The second-order valence-electron chi connectivity index (χ2n) is 6.50. The SMILES string of the molecule is Cc1ccc2nc(C(=O)N3CCC4(CC(=O)NC4=O)C3)c(F)n2c1. The summed E-state index contributed by atoms with van der Waals surface area (Å²) in [5.74, 6) is -1.96. The zero-order valence-electron chi connectivity index (χ0n) is 13.0. The third-order valence-corrected chi connectivity index (χ3v) is 4.79. The van der Waals surface area contributed by atoms with Gasteiger partial charge in [-0.15, -0.1) is 0 Å². The zero-order valence-corrected chi connectivity index (χ0v) is 13.0.